The van der Waals surface area contributed by atoms with Crippen LogP contribution in [0.5, 0.6) is 0 Å². The number of nitrogens with zero attached hydrogens (tertiary/aromatic N) is 1. The van der Waals surface area contributed by atoms with Gasteiger partial charge in [-0.15, -0.1) is 11.3 Å². The van der Waals surface area contributed by atoms with Crippen molar-refractivity contribution in [3.05, 3.63) is 21.4 Å². The number of carboxylic acid groups (broad SMARTS) is 1. The smallest absolute Gasteiger partial charge is 0.326 e. The average molecular weight is 311 g/mol. The Hall–Kier alpha value is -1.40. The molecule has 1 fully saturated rings. The molecule has 5 nitrogen and oxygen atoms in total. The van der Waals surface area contributed by atoms with E-state index in [1.165, 1.54) is 21.1 Å². The van der Waals surface area contributed by atoms with Crippen molar-refractivity contribution in [1.82, 2.24) is 4.90 Å². The Morgan fingerprint density at radius 3 is 2.71 bits per heavy atom. The van der Waals surface area contributed by atoms with Crippen LogP contribution in [0.25, 0.3) is 0 Å². The summed E-state index contributed by atoms with van der Waals surface area (Å²) in [5.41, 5.74) is 1.16. The molecule has 0 radical (unpaired) electrons. The van der Waals surface area contributed by atoms with Gasteiger partial charge in [0.15, 0.2) is 0 Å². The van der Waals surface area contributed by atoms with Gasteiger partial charge in [-0.05, 0) is 24.5 Å². The number of aliphatic carboxylic acids is 1. The molecule has 1 aliphatic heterocycles. The van der Waals surface area contributed by atoms with Crippen LogP contribution in [0.1, 0.15) is 46.8 Å². The Bertz CT molecular complexity index is 540. The largest absolute Gasteiger partial charge is 0.480 e. The van der Waals surface area contributed by atoms with E-state index in [-0.39, 0.29) is 18.9 Å². The monoisotopic (exact) mass is 311 g/mol. The lowest BCUT2D eigenvalue weighted by Gasteiger charge is -2.20. The number of hydrogen-bond donors (Lipinski definition) is 2. The van der Waals surface area contributed by atoms with Crippen molar-refractivity contribution >= 4 is 23.2 Å². The summed E-state index contributed by atoms with van der Waals surface area (Å²) in [5, 5.41) is 18.8. The van der Waals surface area contributed by atoms with Gasteiger partial charge in [0.1, 0.15) is 6.04 Å². The SMILES string of the molecule is CCCc1sc(C(=O)N2C[C@H](O)C[C@H]2C(=O)O)cc1CC. The fourth-order valence-corrected chi connectivity index (χ4v) is 4.04. The standard InChI is InChI=1S/C15H21NO4S/c1-3-5-12-9(4-2)6-13(21-12)14(18)16-8-10(17)7-11(16)15(19)20/h6,10-11,17H,3-5,7-8H2,1-2H3,(H,19,20)/t10-,11+/m1/s1. The van der Waals surface area contributed by atoms with Crippen molar-refractivity contribution in [3.8, 4) is 0 Å². The summed E-state index contributed by atoms with van der Waals surface area (Å²) in [6, 6.07) is 0.955. The summed E-state index contributed by atoms with van der Waals surface area (Å²) < 4.78 is 0. The van der Waals surface area contributed by atoms with Crippen molar-refractivity contribution < 1.29 is 19.8 Å². The third kappa shape index (κ3) is 3.27. The molecule has 0 saturated carbocycles. The van der Waals surface area contributed by atoms with Gasteiger partial charge in [0, 0.05) is 17.8 Å². The third-order valence-corrected chi connectivity index (χ3v) is 5.02. The first-order chi connectivity index (χ1) is 9.97. The Morgan fingerprint density at radius 2 is 2.14 bits per heavy atom. The Kier molecular flexibility index (Phi) is 5.00. The van der Waals surface area contributed by atoms with Gasteiger partial charge < -0.3 is 15.1 Å². The zero-order valence-corrected chi connectivity index (χ0v) is 13.2. The first-order valence-corrected chi connectivity index (χ1v) is 8.12. The van der Waals surface area contributed by atoms with Gasteiger partial charge in [-0.3, -0.25) is 4.79 Å². The first-order valence-electron chi connectivity index (χ1n) is 7.31. The molecule has 1 aromatic rings. The van der Waals surface area contributed by atoms with Crippen LogP contribution in [-0.4, -0.2) is 45.7 Å². The van der Waals surface area contributed by atoms with Gasteiger partial charge in [0.25, 0.3) is 5.91 Å². The summed E-state index contributed by atoms with van der Waals surface area (Å²) in [6.45, 7) is 4.24. The maximum absolute atomic E-state index is 12.6. The molecule has 0 bridgehead atoms. The number of amides is 1. The summed E-state index contributed by atoms with van der Waals surface area (Å²) in [5.74, 6) is -1.33. The number of thiophene rings is 1. The Labute approximate surface area is 128 Å². The highest BCUT2D eigenvalue weighted by Crippen LogP contribution is 2.28. The fourth-order valence-electron chi connectivity index (χ4n) is 2.72. The zero-order chi connectivity index (χ0) is 15.6. The lowest BCUT2D eigenvalue weighted by atomic mass is 10.1. The van der Waals surface area contributed by atoms with Crippen LogP contribution in [0.2, 0.25) is 0 Å². The van der Waals surface area contributed by atoms with Crippen LogP contribution < -0.4 is 0 Å². The minimum Gasteiger partial charge on any atom is -0.480 e. The van der Waals surface area contributed by atoms with E-state index in [0.717, 1.165) is 24.8 Å². The van der Waals surface area contributed by atoms with Crippen molar-refractivity contribution in [3.63, 3.8) is 0 Å². The van der Waals surface area contributed by atoms with Crippen molar-refractivity contribution in [2.24, 2.45) is 0 Å². The number of aliphatic hydroxyl groups is 1. The van der Waals surface area contributed by atoms with E-state index < -0.39 is 18.1 Å². The van der Waals surface area contributed by atoms with E-state index in [9.17, 15) is 19.8 Å². The van der Waals surface area contributed by atoms with Crippen LogP contribution in [0, 0.1) is 0 Å². The van der Waals surface area contributed by atoms with Crippen LogP contribution in [0.3, 0.4) is 0 Å². The fraction of sp³-hybridized carbons (Fsp3) is 0.600. The van der Waals surface area contributed by atoms with Crippen molar-refractivity contribution in [1.29, 1.82) is 0 Å². The van der Waals surface area contributed by atoms with Gasteiger partial charge >= 0.3 is 5.97 Å². The topological polar surface area (TPSA) is 77.8 Å². The number of aliphatic hydroxyl groups excluding tert-OH is 1. The molecule has 2 atom stereocenters. The molecule has 21 heavy (non-hydrogen) atoms. The van der Waals surface area contributed by atoms with Gasteiger partial charge in [0.05, 0.1) is 11.0 Å². The highest BCUT2D eigenvalue weighted by atomic mass is 32.1. The molecule has 2 rings (SSSR count). The molecule has 0 aliphatic carbocycles. The highest BCUT2D eigenvalue weighted by Gasteiger charge is 2.39. The highest BCUT2D eigenvalue weighted by molar-refractivity contribution is 7.14. The van der Waals surface area contributed by atoms with Crippen LogP contribution in [0.15, 0.2) is 6.07 Å². The molecule has 2 N–H and O–H groups in total. The summed E-state index contributed by atoms with van der Waals surface area (Å²) in [4.78, 5) is 26.8. The van der Waals surface area contributed by atoms with Crippen LogP contribution in [-0.2, 0) is 17.6 Å². The molecule has 0 aromatic carbocycles. The maximum Gasteiger partial charge on any atom is 0.326 e. The third-order valence-electron chi connectivity index (χ3n) is 3.79. The number of likely N-dealkylation sites (tertiary alicyclic amines) is 1. The lowest BCUT2D eigenvalue weighted by Crippen LogP contribution is -2.40. The number of carboxylic acids is 1. The number of carbonyl (C=O) groups is 2. The van der Waals surface area contributed by atoms with Gasteiger partial charge in [-0.2, -0.15) is 0 Å². The van der Waals surface area contributed by atoms with Crippen molar-refractivity contribution in [2.45, 2.75) is 51.7 Å². The molecule has 116 valence electrons. The number of rotatable bonds is 5. The Balaban J connectivity index is 2.25. The second-order valence-electron chi connectivity index (χ2n) is 5.36. The van der Waals surface area contributed by atoms with Gasteiger partial charge in [-0.1, -0.05) is 20.3 Å². The molecule has 0 unspecified atom stereocenters. The normalized spacial score (nSPS) is 21.8. The van der Waals surface area contributed by atoms with E-state index in [2.05, 4.69) is 13.8 Å². The van der Waals surface area contributed by atoms with Crippen LogP contribution in [0.4, 0.5) is 0 Å². The van der Waals surface area contributed by atoms with E-state index in [1.54, 1.807) is 0 Å². The molecule has 0 spiro atoms. The number of carbonyl (C=O) groups excluding carboxylic acids is 1. The van der Waals surface area contributed by atoms with E-state index in [1.807, 2.05) is 6.07 Å². The van der Waals surface area contributed by atoms with E-state index >= 15 is 0 Å². The predicted molar refractivity (Wildman–Crippen MR) is 80.8 cm³/mol. The molecule has 2 heterocycles. The molecule has 1 saturated heterocycles. The molecule has 6 heteroatoms. The van der Waals surface area contributed by atoms with E-state index in [0.29, 0.717) is 4.88 Å². The molecule has 1 aromatic heterocycles. The second-order valence-corrected chi connectivity index (χ2v) is 6.50. The summed E-state index contributed by atoms with van der Waals surface area (Å²) in [6.07, 6.45) is 2.17. The second kappa shape index (κ2) is 6.58. The zero-order valence-electron chi connectivity index (χ0n) is 12.3. The number of hydrogen-bond acceptors (Lipinski definition) is 4. The molecular weight excluding hydrogens is 290 g/mol. The summed E-state index contributed by atoms with van der Waals surface area (Å²) >= 11 is 1.45. The lowest BCUT2D eigenvalue weighted by molar-refractivity contribution is -0.141. The minimum atomic E-state index is -1.05. The predicted octanol–water partition coefficient (Wildman–Crippen LogP) is 1.92. The first kappa shape index (κ1) is 16.0. The Morgan fingerprint density at radius 1 is 1.43 bits per heavy atom. The van der Waals surface area contributed by atoms with E-state index in [4.69, 9.17) is 0 Å². The van der Waals surface area contributed by atoms with Gasteiger partial charge in [-0.25, -0.2) is 4.79 Å². The maximum atomic E-state index is 12.6. The molecular formula is C15H21NO4S. The summed E-state index contributed by atoms with van der Waals surface area (Å²) in [7, 11) is 0. The minimum absolute atomic E-state index is 0.0955. The number of β-amino-alcohol motifs (C(OH)–C–C–N with tert-alkyl or cyclic N) is 1. The van der Waals surface area contributed by atoms with Gasteiger partial charge in [0.2, 0.25) is 0 Å². The molecule has 1 amide bonds. The van der Waals surface area contributed by atoms with Crippen LogP contribution >= 0.6 is 11.3 Å². The average Bonchev–Trinajstić information content (AvgIpc) is 3.02. The molecule has 1 aliphatic rings. The quantitative estimate of drug-likeness (QED) is 0.871. The van der Waals surface area contributed by atoms with Crippen molar-refractivity contribution in [2.75, 3.05) is 6.54 Å². The number of aryl methyl sites for hydroxylation is 2.